The topological polar surface area (TPSA) is 50.1 Å². The van der Waals surface area contributed by atoms with Gasteiger partial charge in [0, 0.05) is 12.8 Å². The average molecular weight is 231 g/mol. The number of para-hydroxylation sites is 1. The van der Waals surface area contributed by atoms with Crippen molar-refractivity contribution in [3.05, 3.63) is 29.8 Å². The molecule has 0 aliphatic carbocycles. The number of nitrogens with zero attached hydrogens (tertiary/aromatic N) is 1. The molecule has 0 atom stereocenters. The number of carbonyl (C=O) groups excluding carboxylic acids is 1. The maximum absolute atomic E-state index is 11.6. The van der Waals surface area contributed by atoms with E-state index in [1.54, 1.807) is 6.07 Å². The van der Waals surface area contributed by atoms with Gasteiger partial charge in [0.1, 0.15) is 5.75 Å². The van der Waals surface area contributed by atoms with Gasteiger partial charge in [0.2, 0.25) is 0 Å². The Hall–Kier alpha value is -1.82. The summed E-state index contributed by atoms with van der Waals surface area (Å²) in [5, 5.41) is 8.40. The second-order valence-electron chi connectivity index (χ2n) is 3.74. The molecule has 0 saturated heterocycles. The zero-order chi connectivity index (χ0) is 12.5. The molecule has 90 valence electrons. The van der Waals surface area contributed by atoms with Crippen molar-refractivity contribution in [3.8, 4) is 11.8 Å². The largest absolute Gasteiger partial charge is 0.493 e. The molecule has 0 radical (unpaired) electrons. The number of carbonyl (C=O) groups is 1. The second-order valence-corrected chi connectivity index (χ2v) is 3.74. The maximum atomic E-state index is 11.6. The van der Waals surface area contributed by atoms with Gasteiger partial charge in [-0.15, -0.1) is 0 Å². The van der Waals surface area contributed by atoms with Crippen molar-refractivity contribution in [2.45, 2.75) is 32.6 Å². The summed E-state index contributed by atoms with van der Waals surface area (Å²) in [6.45, 7) is 2.39. The number of benzene rings is 1. The minimum atomic E-state index is 0.0950. The molecule has 0 bridgehead atoms. The highest BCUT2D eigenvalue weighted by atomic mass is 16.5. The van der Waals surface area contributed by atoms with E-state index >= 15 is 0 Å². The molecule has 0 aliphatic heterocycles. The van der Waals surface area contributed by atoms with Gasteiger partial charge in [-0.25, -0.2) is 0 Å². The Morgan fingerprint density at radius 1 is 1.35 bits per heavy atom. The quantitative estimate of drug-likeness (QED) is 0.534. The normalized spacial score (nSPS) is 9.65. The van der Waals surface area contributed by atoms with E-state index in [1.807, 2.05) is 25.1 Å². The van der Waals surface area contributed by atoms with Crippen LogP contribution in [0.25, 0.3) is 0 Å². The molecule has 1 aromatic rings. The minimum Gasteiger partial charge on any atom is -0.493 e. The Labute approximate surface area is 102 Å². The smallest absolute Gasteiger partial charge is 0.166 e. The van der Waals surface area contributed by atoms with Gasteiger partial charge in [-0.3, -0.25) is 4.79 Å². The molecular formula is C14H17NO2. The van der Waals surface area contributed by atoms with Crippen LogP contribution in [0, 0.1) is 11.3 Å². The predicted octanol–water partition coefficient (Wildman–Crippen LogP) is 3.35. The van der Waals surface area contributed by atoms with Gasteiger partial charge in [0.05, 0.1) is 18.2 Å². The molecule has 3 heteroatoms. The number of hydrogen-bond donors (Lipinski definition) is 0. The zero-order valence-corrected chi connectivity index (χ0v) is 10.1. The van der Waals surface area contributed by atoms with Gasteiger partial charge in [-0.2, -0.15) is 5.26 Å². The van der Waals surface area contributed by atoms with Crippen LogP contribution < -0.4 is 4.74 Å². The third kappa shape index (κ3) is 4.28. The summed E-state index contributed by atoms with van der Waals surface area (Å²) in [6.07, 6.45) is 2.70. The standard InChI is InChI=1S/C14H17NO2/c1-2-13(16)12-8-4-5-9-14(12)17-11-7-3-6-10-15/h4-5,8-9H,2-3,6-7,11H2,1H3. The van der Waals surface area contributed by atoms with Crippen molar-refractivity contribution >= 4 is 5.78 Å². The highest BCUT2D eigenvalue weighted by Gasteiger charge is 2.09. The molecule has 0 unspecified atom stereocenters. The van der Waals surface area contributed by atoms with Crippen molar-refractivity contribution in [2.75, 3.05) is 6.61 Å². The van der Waals surface area contributed by atoms with E-state index in [-0.39, 0.29) is 5.78 Å². The van der Waals surface area contributed by atoms with E-state index in [9.17, 15) is 4.79 Å². The third-order valence-corrected chi connectivity index (χ3v) is 2.45. The van der Waals surface area contributed by atoms with Crippen LogP contribution in [0.3, 0.4) is 0 Å². The van der Waals surface area contributed by atoms with Crippen molar-refractivity contribution < 1.29 is 9.53 Å². The van der Waals surface area contributed by atoms with Crippen molar-refractivity contribution in [3.63, 3.8) is 0 Å². The molecule has 1 aromatic carbocycles. The number of ether oxygens (including phenoxy) is 1. The molecule has 0 N–H and O–H groups in total. The molecule has 0 fully saturated rings. The Morgan fingerprint density at radius 2 is 2.12 bits per heavy atom. The summed E-state index contributed by atoms with van der Waals surface area (Å²) in [5.41, 5.74) is 0.648. The molecule has 3 nitrogen and oxygen atoms in total. The van der Waals surface area contributed by atoms with E-state index in [0.29, 0.717) is 30.8 Å². The van der Waals surface area contributed by atoms with E-state index in [2.05, 4.69) is 6.07 Å². The molecule has 0 spiro atoms. The molecule has 17 heavy (non-hydrogen) atoms. The number of nitriles is 1. The summed E-state index contributed by atoms with van der Waals surface area (Å²) < 4.78 is 5.58. The number of hydrogen-bond acceptors (Lipinski definition) is 3. The Kier molecular flexibility index (Phi) is 5.81. The number of rotatable bonds is 7. The molecule has 0 aromatic heterocycles. The summed E-state index contributed by atoms with van der Waals surface area (Å²) in [7, 11) is 0. The number of unbranched alkanes of at least 4 members (excludes halogenated alkanes) is 2. The highest BCUT2D eigenvalue weighted by molar-refractivity contribution is 5.98. The molecular weight excluding hydrogens is 214 g/mol. The maximum Gasteiger partial charge on any atom is 0.166 e. The first-order chi connectivity index (χ1) is 8.29. The van der Waals surface area contributed by atoms with Crippen LogP contribution in [0.15, 0.2) is 24.3 Å². The first kappa shape index (κ1) is 13.2. The van der Waals surface area contributed by atoms with Crippen molar-refractivity contribution in [1.29, 1.82) is 5.26 Å². The summed E-state index contributed by atoms with van der Waals surface area (Å²) in [5.74, 6) is 0.744. The van der Waals surface area contributed by atoms with Crippen LogP contribution >= 0.6 is 0 Å². The molecule has 1 rings (SSSR count). The molecule has 0 aliphatic rings. The van der Waals surface area contributed by atoms with Crippen LogP contribution in [-0.4, -0.2) is 12.4 Å². The number of ketones is 1. The fourth-order valence-corrected chi connectivity index (χ4v) is 1.50. The van der Waals surface area contributed by atoms with Gasteiger partial charge >= 0.3 is 0 Å². The summed E-state index contributed by atoms with van der Waals surface area (Å²) in [6, 6.07) is 9.39. The zero-order valence-electron chi connectivity index (χ0n) is 10.1. The second kappa shape index (κ2) is 7.45. The lowest BCUT2D eigenvalue weighted by atomic mass is 10.1. The molecule has 0 saturated carbocycles. The lowest BCUT2D eigenvalue weighted by Gasteiger charge is -2.09. The van der Waals surface area contributed by atoms with E-state index in [1.165, 1.54) is 0 Å². The van der Waals surface area contributed by atoms with Crippen molar-refractivity contribution in [1.82, 2.24) is 0 Å². The van der Waals surface area contributed by atoms with E-state index in [4.69, 9.17) is 10.00 Å². The summed E-state index contributed by atoms with van der Waals surface area (Å²) in [4.78, 5) is 11.6. The van der Waals surface area contributed by atoms with Gasteiger partial charge in [0.15, 0.2) is 5.78 Å². The van der Waals surface area contributed by atoms with Crippen molar-refractivity contribution in [2.24, 2.45) is 0 Å². The molecule has 0 heterocycles. The predicted molar refractivity (Wildman–Crippen MR) is 66.0 cm³/mol. The lowest BCUT2D eigenvalue weighted by Crippen LogP contribution is -2.04. The van der Waals surface area contributed by atoms with Gasteiger partial charge in [-0.05, 0) is 25.0 Å². The number of Topliss-reactive ketones (excluding diaryl/α,β-unsaturated/α-hetero) is 1. The van der Waals surface area contributed by atoms with E-state index < -0.39 is 0 Å². The van der Waals surface area contributed by atoms with Gasteiger partial charge in [-0.1, -0.05) is 19.1 Å². The Balaban J connectivity index is 2.53. The van der Waals surface area contributed by atoms with Crippen LogP contribution in [-0.2, 0) is 0 Å². The third-order valence-electron chi connectivity index (χ3n) is 2.45. The molecule has 0 amide bonds. The monoisotopic (exact) mass is 231 g/mol. The summed E-state index contributed by atoms with van der Waals surface area (Å²) >= 11 is 0. The Bertz CT molecular complexity index is 407. The first-order valence-electron chi connectivity index (χ1n) is 5.91. The van der Waals surface area contributed by atoms with Gasteiger partial charge in [0.25, 0.3) is 0 Å². The van der Waals surface area contributed by atoms with Crippen LogP contribution in [0.2, 0.25) is 0 Å². The van der Waals surface area contributed by atoms with Crippen LogP contribution in [0.1, 0.15) is 43.0 Å². The average Bonchev–Trinajstić information content (AvgIpc) is 2.38. The van der Waals surface area contributed by atoms with E-state index in [0.717, 1.165) is 12.8 Å². The lowest BCUT2D eigenvalue weighted by molar-refractivity contribution is 0.0984. The fourth-order valence-electron chi connectivity index (χ4n) is 1.50. The van der Waals surface area contributed by atoms with Crippen LogP contribution in [0.4, 0.5) is 0 Å². The minimum absolute atomic E-state index is 0.0950. The SMILES string of the molecule is CCC(=O)c1ccccc1OCCCCC#N. The Morgan fingerprint density at radius 3 is 2.82 bits per heavy atom. The van der Waals surface area contributed by atoms with Crippen LogP contribution in [0.5, 0.6) is 5.75 Å². The highest BCUT2D eigenvalue weighted by Crippen LogP contribution is 2.19. The fraction of sp³-hybridized carbons (Fsp3) is 0.429. The van der Waals surface area contributed by atoms with Gasteiger partial charge < -0.3 is 4.74 Å². The first-order valence-corrected chi connectivity index (χ1v) is 5.91.